The number of rotatable bonds is 3. The topological polar surface area (TPSA) is 33.1 Å². The van der Waals surface area contributed by atoms with Crippen LogP contribution in [-0.2, 0) is 0 Å². The predicted molar refractivity (Wildman–Crippen MR) is 78.6 cm³/mol. The molecule has 4 nitrogen and oxygen atoms in total. The summed E-state index contributed by atoms with van der Waals surface area (Å²) in [4.78, 5) is 7.35. The minimum Gasteiger partial charge on any atom is -0.353 e. The molecule has 3 rings (SSSR count). The molecule has 0 bridgehead atoms. The van der Waals surface area contributed by atoms with Crippen LogP contribution in [0.2, 0.25) is 0 Å². The number of nitrogens with zero attached hydrogens (tertiary/aromatic N) is 3. The van der Waals surface area contributed by atoms with Crippen molar-refractivity contribution in [2.75, 3.05) is 18.4 Å². The van der Waals surface area contributed by atoms with Crippen LogP contribution in [0.4, 0.5) is 5.95 Å². The van der Waals surface area contributed by atoms with Gasteiger partial charge in [-0.2, -0.15) is 0 Å². The molecule has 4 heteroatoms. The van der Waals surface area contributed by atoms with Gasteiger partial charge in [0.2, 0.25) is 5.95 Å². The Kier molecular flexibility index (Phi) is 3.52. The molecule has 0 radical (unpaired) electrons. The van der Waals surface area contributed by atoms with Gasteiger partial charge < -0.3 is 9.88 Å². The van der Waals surface area contributed by atoms with Crippen molar-refractivity contribution >= 4 is 5.95 Å². The molecule has 2 saturated heterocycles. The van der Waals surface area contributed by atoms with Gasteiger partial charge in [0, 0.05) is 24.8 Å². The van der Waals surface area contributed by atoms with Crippen molar-refractivity contribution in [3.8, 4) is 0 Å². The maximum absolute atomic E-state index is 4.67. The van der Waals surface area contributed by atoms with E-state index in [0.29, 0.717) is 12.1 Å². The molecule has 2 aliphatic rings. The van der Waals surface area contributed by atoms with Crippen LogP contribution in [0, 0.1) is 6.92 Å². The average molecular weight is 262 g/mol. The second-order valence-corrected chi connectivity index (χ2v) is 6.37. The summed E-state index contributed by atoms with van der Waals surface area (Å²) in [6.07, 6.45) is 7.62. The van der Waals surface area contributed by atoms with Crippen LogP contribution in [0.3, 0.4) is 0 Å². The number of piperidine rings is 1. The minimum atomic E-state index is 0.435. The van der Waals surface area contributed by atoms with Gasteiger partial charge in [-0.3, -0.25) is 4.90 Å². The number of hydrogen-bond donors (Lipinski definition) is 1. The molecule has 0 aromatic carbocycles. The molecule has 1 aromatic rings. The molecule has 1 N–H and O–H groups in total. The standard InChI is InChI=1S/C15H26N4/c1-11(2)16-15-17-12(3)10-19(15)14-7-9-18-8-5-4-6-13(14)18/h10-11,13-14H,4-9H2,1-3H3,(H,16,17). The molecule has 2 unspecified atom stereocenters. The molecule has 3 heterocycles. The number of nitrogens with one attached hydrogen (secondary N) is 1. The first-order valence-electron chi connectivity index (χ1n) is 7.71. The fraction of sp³-hybridized carbons (Fsp3) is 0.800. The fourth-order valence-electron chi connectivity index (χ4n) is 3.68. The van der Waals surface area contributed by atoms with Crippen molar-refractivity contribution in [2.24, 2.45) is 0 Å². The zero-order valence-electron chi connectivity index (χ0n) is 12.4. The molecule has 0 aliphatic carbocycles. The zero-order chi connectivity index (χ0) is 13.4. The van der Waals surface area contributed by atoms with E-state index in [1.54, 1.807) is 0 Å². The summed E-state index contributed by atoms with van der Waals surface area (Å²) in [5, 5.41) is 3.50. The number of aryl methyl sites for hydroxylation is 1. The van der Waals surface area contributed by atoms with E-state index in [9.17, 15) is 0 Å². The van der Waals surface area contributed by atoms with Crippen LogP contribution in [-0.4, -0.2) is 39.6 Å². The lowest BCUT2D eigenvalue weighted by molar-refractivity contribution is 0.174. The number of anilines is 1. The third-order valence-electron chi connectivity index (χ3n) is 4.45. The summed E-state index contributed by atoms with van der Waals surface area (Å²) in [5.41, 5.74) is 1.12. The Bertz CT molecular complexity index is 437. The van der Waals surface area contributed by atoms with Crippen molar-refractivity contribution < 1.29 is 0 Å². The first kappa shape index (κ1) is 13.0. The van der Waals surface area contributed by atoms with Crippen LogP contribution in [0.25, 0.3) is 0 Å². The van der Waals surface area contributed by atoms with Gasteiger partial charge in [-0.15, -0.1) is 0 Å². The van der Waals surface area contributed by atoms with Crippen molar-refractivity contribution in [1.29, 1.82) is 0 Å². The van der Waals surface area contributed by atoms with Gasteiger partial charge in [0.1, 0.15) is 0 Å². The maximum atomic E-state index is 4.67. The molecule has 106 valence electrons. The quantitative estimate of drug-likeness (QED) is 0.909. The molecular formula is C15H26N4. The summed E-state index contributed by atoms with van der Waals surface area (Å²) < 4.78 is 2.41. The molecule has 19 heavy (non-hydrogen) atoms. The lowest BCUT2D eigenvalue weighted by Crippen LogP contribution is -2.37. The third-order valence-corrected chi connectivity index (χ3v) is 4.45. The number of hydrogen-bond acceptors (Lipinski definition) is 3. The average Bonchev–Trinajstić information content (AvgIpc) is 2.92. The molecular weight excluding hydrogens is 236 g/mol. The van der Waals surface area contributed by atoms with Crippen LogP contribution >= 0.6 is 0 Å². The highest BCUT2D eigenvalue weighted by molar-refractivity contribution is 5.31. The van der Waals surface area contributed by atoms with E-state index in [4.69, 9.17) is 0 Å². The zero-order valence-corrected chi connectivity index (χ0v) is 12.4. The molecule has 2 fully saturated rings. The Hall–Kier alpha value is -1.03. The first-order valence-corrected chi connectivity index (χ1v) is 7.71. The van der Waals surface area contributed by atoms with Gasteiger partial charge in [-0.1, -0.05) is 6.42 Å². The Morgan fingerprint density at radius 2 is 2.05 bits per heavy atom. The Morgan fingerprint density at radius 3 is 2.84 bits per heavy atom. The van der Waals surface area contributed by atoms with E-state index in [1.165, 1.54) is 38.8 Å². The highest BCUT2D eigenvalue weighted by atomic mass is 15.3. The summed E-state index contributed by atoms with van der Waals surface area (Å²) >= 11 is 0. The van der Waals surface area contributed by atoms with Gasteiger partial charge in [0.25, 0.3) is 0 Å². The van der Waals surface area contributed by atoms with Gasteiger partial charge in [0.15, 0.2) is 0 Å². The van der Waals surface area contributed by atoms with Crippen molar-refractivity contribution in [2.45, 2.75) is 64.6 Å². The summed E-state index contributed by atoms with van der Waals surface area (Å²) in [5.74, 6) is 1.06. The number of imidazole rings is 1. The normalized spacial score (nSPS) is 27.8. The molecule has 2 aliphatic heterocycles. The van der Waals surface area contributed by atoms with E-state index >= 15 is 0 Å². The minimum absolute atomic E-state index is 0.435. The Morgan fingerprint density at radius 1 is 1.21 bits per heavy atom. The molecule has 0 spiro atoms. The van der Waals surface area contributed by atoms with E-state index in [0.717, 1.165) is 17.7 Å². The van der Waals surface area contributed by atoms with E-state index in [2.05, 4.69) is 46.7 Å². The highest BCUT2D eigenvalue weighted by Crippen LogP contribution is 2.36. The summed E-state index contributed by atoms with van der Waals surface area (Å²) in [7, 11) is 0. The summed E-state index contributed by atoms with van der Waals surface area (Å²) in [6.45, 7) is 9.00. The van der Waals surface area contributed by atoms with Crippen LogP contribution < -0.4 is 5.32 Å². The van der Waals surface area contributed by atoms with E-state index in [-0.39, 0.29) is 0 Å². The van der Waals surface area contributed by atoms with Crippen molar-refractivity contribution in [3.63, 3.8) is 0 Å². The van der Waals surface area contributed by atoms with Crippen LogP contribution in [0.15, 0.2) is 6.20 Å². The van der Waals surface area contributed by atoms with Gasteiger partial charge >= 0.3 is 0 Å². The fourth-order valence-corrected chi connectivity index (χ4v) is 3.68. The monoisotopic (exact) mass is 262 g/mol. The van der Waals surface area contributed by atoms with Crippen molar-refractivity contribution in [1.82, 2.24) is 14.5 Å². The van der Waals surface area contributed by atoms with Gasteiger partial charge in [-0.05, 0) is 46.6 Å². The number of aromatic nitrogens is 2. The smallest absolute Gasteiger partial charge is 0.203 e. The second kappa shape index (κ2) is 5.16. The molecule has 2 atom stereocenters. The molecule has 0 saturated carbocycles. The third kappa shape index (κ3) is 2.50. The number of fused-ring (bicyclic) bond motifs is 1. The van der Waals surface area contributed by atoms with E-state index < -0.39 is 0 Å². The Labute approximate surface area is 116 Å². The largest absolute Gasteiger partial charge is 0.353 e. The lowest BCUT2D eigenvalue weighted by atomic mass is 9.99. The highest BCUT2D eigenvalue weighted by Gasteiger charge is 2.37. The summed E-state index contributed by atoms with van der Waals surface area (Å²) in [6, 6.07) is 1.78. The van der Waals surface area contributed by atoms with Gasteiger partial charge in [-0.25, -0.2) is 4.98 Å². The first-order chi connectivity index (χ1) is 9.15. The predicted octanol–water partition coefficient (Wildman–Crippen LogP) is 2.81. The molecule has 0 amide bonds. The van der Waals surface area contributed by atoms with Crippen LogP contribution in [0.1, 0.15) is 51.3 Å². The molecule has 1 aromatic heterocycles. The van der Waals surface area contributed by atoms with Crippen LogP contribution in [0.5, 0.6) is 0 Å². The van der Waals surface area contributed by atoms with E-state index in [1.807, 2.05) is 0 Å². The second-order valence-electron chi connectivity index (χ2n) is 6.37. The Balaban J connectivity index is 1.85. The SMILES string of the molecule is Cc1cn(C2CCN3CCCCC23)c(NC(C)C)n1. The maximum Gasteiger partial charge on any atom is 0.203 e. The van der Waals surface area contributed by atoms with Gasteiger partial charge in [0.05, 0.1) is 11.7 Å². The van der Waals surface area contributed by atoms with Crippen molar-refractivity contribution in [3.05, 3.63) is 11.9 Å². The lowest BCUT2D eigenvalue weighted by Gasteiger charge is -2.33.